The van der Waals surface area contributed by atoms with Gasteiger partial charge < -0.3 is 14.6 Å². The van der Waals surface area contributed by atoms with E-state index in [4.69, 9.17) is 9.26 Å². The number of aromatic nitrogens is 1. The van der Waals surface area contributed by atoms with Gasteiger partial charge in [-0.25, -0.2) is 0 Å². The van der Waals surface area contributed by atoms with Crippen LogP contribution in [0.25, 0.3) is 0 Å². The molecule has 0 atom stereocenters. The Morgan fingerprint density at radius 3 is 3.00 bits per heavy atom. The average molecular weight is 225 g/mol. The molecule has 1 aliphatic heterocycles. The molecule has 1 N–H and O–H groups in total. The van der Waals surface area contributed by atoms with Crippen LogP contribution in [0.3, 0.4) is 0 Å². The summed E-state index contributed by atoms with van der Waals surface area (Å²) >= 11 is 0. The van der Waals surface area contributed by atoms with E-state index in [1.807, 2.05) is 6.07 Å². The van der Waals surface area contributed by atoms with Crippen molar-refractivity contribution in [3.8, 4) is 0 Å². The van der Waals surface area contributed by atoms with Gasteiger partial charge in [-0.1, -0.05) is 5.16 Å². The normalized spacial score (nSPS) is 17.8. The quantitative estimate of drug-likeness (QED) is 0.714. The molecule has 5 heteroatoms. The molecule has 0 bridgehead atoms. The summed E-state index contributed by atoms with van der Waals surface area (Å²) in [4.78, 5) is 2.45. The van der Waals surface area contributed by atoms with Crippen molar-refractivity contribution in [3.63, 3.8) is 0 Å². The maximum absolute atomic E-state index is 5.30. The predicted octanol–water partition coefficient (Wildman–Crippen LogP) is 0.487. The molecule has 0 radical (unpaired) electrons. The zero-order valence-electron chi connectivity index (χ0n) is 9.52. The number of rotatable bonds is 6. The third-order valence-corrected chi connectivity index (χ3v) is 2.73. The molecule has 2 rings (SSSR count). The first-order chi connectivity index (χ1) is 7.95. The van der Waals surface area contributed by atoms with Crippen molar-refractivity contribution in [2.75, 3.05) is 39.4 Å². The number of hydrogen-bond donors (Lipinski definition) is 1. The summed E-state index contributed by atoms with van der Waals surface area (Å²) in [5.41, 5.74) is 0.964. The highest BCUT2D eigenvalue weighted by atomic mass is 16.5. The van der Waals surface area contributed by atoms with Crippen LogP contribution in [0.1, 0.15) is 12.1 Å². The zero-order chi connectivity index (χ0) is 11.1. The van der Waals surface area contributed by atoms with Crippen LogP contribution >= 0.6 is 0 Å². The molecule has 1 aromatic rings. The number of nitrogens with one attached hydrogen (secondary N) is 1. The number of ether oxygens (including phenoxy) is 1. The summed E-state index contributed by atoms with van der Waals surface area (Å²) in [6.07, 6.45) is 2.77. The number of morpholine rings is 1. The molecule has 1 saturated heterocycles. The Morgan fingerprint density at radius 2 is 2.25 bits per heavy atom. The predicted molar refractivity (Wildman–Crippen MR) is 60.1 cm³/mol. The van der Waals surface area contributed by atoms with Crippen LogP contribution in [0.5, 0.6) is 0 Å². The fourth-order valence-electron chi connectivity index (χ4n) is 1.80. The van der Waals surface area contributed by atoms with Gasteiger partial charge in [-0.05, 0) is 19.5 Å². The van der Waals surface area contributed by atoms with Crippen LogP contribution in [0, 0.1) is 0 Å². The van der Waals surface area contributed by atoms with E-state index in [2.05, 4.69) is 15.4 Å². The molecule has 0 saturated carbocycles. The number of hydrogen-bond acceptors (Lipinski definition) is 5. The number of nitrogens with zero attached hydrogens (tertiary/aromatic N) is 2. The molecule has 5 nitrogen and oxygen atoms in total. The average Bonchev–Trinajstić information content (AvgIpc) is 2.83. The second-order valence-corrected chi connectivity index (χ2v) is 3.98. The Kier molecular flexibility index (Phi) is 4.79. The fraction of sp³-hybridized carbons (Fsp3) is 0.727. The standard InChI is InChI=1S/C11H19N3O2/c1(4-14-5-8-15-9-6-14)3-12-10-11-2-7-16-13-11/h2,7,12H,1,3-6,8-10H2. The largest absolute Gasteiger partial charge is 0.379 e. The lowest BCUT2D eigenvalue weighted by molar-refractivity contribution is 0.0374. The van der Waals surface area contributed by atoms with E-state index in [-0.39, 0.29) is 0 Å². The minimum atomic E-state index is 0.791. The maximum atomic E-state index is 5.30. The summed E-state index contributed by atoms with van der Waals surface area (Å²) in [5.74, 6) is 0. The first kappa shape index (κ1) is 11.6. The van der Waals surface area contributed by atoms with E-state index < -0.39 is 0 Å². The highest BCUT2D eigenvalue weighted by Crippen LogP contribution is 1.98. The molecular formula is C11H19N3O2. The lowest BCUT2D eigenvalue weighted by Crippen LogP contribution is -2.37. The van der Waals surface area contributed by atoms with Crippen molar-refractivity contribution in [1.29, 1.82) is 0 Å². The second-order valence-electron chi connectivity index (χ2n) is 3.98. The topological polar surface area (TPSA) is 50.5 Å². The molecule has 1 aliphatic rings. The first-order valence-electron chi connectivity index (χ1n) is 5.85. The molecule has 1 aromatic heterocycles. The SMILES string of the molecule is c1cc(CNCCCN2CCOCC2)no1. The van der Waals surface area contributed by atoms with E-state index in [1.54, 1.807) is 6.26 Å². The highest BCUT2D eigenvalue weighted by Gasteiger charge is 2.08. The second kappa shape index (κ2) is 6.62. The Hall–Kier alpha value is -0.910. The van der Waals surface area contributed by atoms with Crippen molar-refractivity contribution >= 4 is 0 Å². The minimum Gasteiger partial charge on any atom is -0.379 e. The van der Waals surface area contributed by atoms with Crippen LogP contribution in [-0.2, 0) is 11.3 Å². The van der Waals surface area contributed by atoms with Gasteiger partial charge in [-0.3, -0.25) is 4.90 Å². The smallest absolute Gasteiger partial charge is 0.124 e. The molecule has 1 fully saturated rings. The van der Waals surface area contributed by atoms with Crippen LogP contribution < -0.4 is 5.32 Å². The molecule has 2 heterocycles. The van der Waals surface area contributed by atoms with Crippen molar-refractivity contribution in [3.05, 3.63) is 18.0 Å². The van der Waals surface area contributed by atoms with Crippen molar-refractivity contribution < 1.29 is 9.26 Å². The third-order valence-electron chi connectivity index (χ3n) is 2.73. The molecule has 0 spiro atoms. The van der Waals surface area contributed by atoms with Gasteiger partial charge in [0.2, 0.25) is 0 Å². The summed E-state index contributed by atoms with van der Waals surface area (Å²) in [5, 5.41) is 7.19. The summed E-state index contributed by atoms with van der Waals surface area (Å²) in [7, 11) is 0. The van der Waals surface area contributed by atoms with Gasteiger partial charge in [0.05, 0.1) is 18.9 Å². The van der Waals surface area contributed by atoms with Gasteiger partial charge in [0.1, 0.15) is 6.26 Å². The van der Waals surface area contributed by atoms with Crippen molar-refractivity contribution in [2.45, 2.75) is 13.0 Å². The van der Waals surface area contributed by atoms with Gasteiger partial charge in [-0.2, -0.15) is 0 Å². The van der Waals surface area contributed by atoms with Crippen LogP contribution in [-0.4, -0.2) is 49.4 Å². The summed E-state index contributed by atoms with van der Waals surface area (Å²) < 4.78 is 10.1. The Morgan fingerprint density at radius 1 is 1.38 bits per heavy atom. The monoisotopic (exact) mass is 225 g/mol. The van der Waals surface area contributed by atoms with Gasteiger partial charge >= 0.3 is 0 Å². The molecule has 90 valence electrons. The Labute approximate surface area is 95.7 Å². The highest BCUT2D eigenvalue weighted by molar-refractivity contribution is 4.93. The molecule has 0 aromatic carbocycles. The van der Waals surface area contributed by atoms with E-state index in [9.17, 15) is 0 Å². The van der Waals surface area contributed by atoms with Gasteiger partial charge in [0, 0.05) is 25.7 Å². The van der Waals surface area contributed by atoms with Crippen molar-refractivity contribution in [1.82, 2.24) is 15.4 Å². The third kappa shape index (κ3) is 3.92. The lowest BCUT2D eigenvalue weighted by atomic mass is 10.3. The van der Waals surface area contributed by atoms with E-state index in [0.29, 0.717) is 0 Å². The first-order valence-corrected chi connectivity index (χ1v) is 5.85. The fourth-order valence-corrected chi connectivity index (χ4v) is 1.80. The van der Waals surface area contributed by atoms with Gasteiger partial charge in [0.15, 0.2) is 0 Å². The molecular weight excluding hydrogens is 206 g/mol. The maximum Gasteiger partial charge on any atom is 0.124 e. The molecule has 16 heavy (non-hydrogen) atoms. The molecule has 0 aliphatic carbocycles. The van der Waals surface area contributed by atoms with Crippen molar-refractivity contribution in [2.24, 2.45) is 0 Å². The zero-order valence-corrected chi connectivity index (χ0v) is 9.52. The molecule has 0 amide bonds. The van der Waals surface area contributed by atoms with Crippen LogP contribution in [0.2, 0.25) is 0 Å². The van der Waals surface area contributed by atoms with Gasteiger partial charge in [0.25, 0.3) is 0 Å². The van der Waals surface area contributed by atoms with E-state index >= 15 is 0 Å². The lowest BCUT2D eigenvalue weighted by Gasteiger charge is -2.26. The molecule has 0 unspecified atom stereocenters. The minimum absolute atomic E-state index is 0.791. The van der Waals surface area contributed by atoms with E-state index in [0.717, 1.165) is 58.1 Å². The van der Waals surface area contributed by atoms with Gasteiger partial charge in [-0.15, -0.1) is 0 Å². The summed E-state index contributed by atoms with van der Waals surface area (Å²) in [6, 6.07) is 1.88. The Balaban J connectivity index is 1.48. The van der Waals surface area contributed by atoms with Crippen LogP contribution in [0.4, 0.5) is 0 Å². The Bertz CT molecular complexity index is 271. The summed E-state index contributed by atoms with van der Waals surface area (Å²) in [6.45, 7) is 6.87. The van der Waals surface area contributed by atoms with Crippen LogP contribution in [0.15, 0.2) is 16.9 Å². The van der Waals surface area contributed by atoms with E-state index in [1.165, 1.54) is 0 Å².